The van der Waals surface area contributed by atoms with Gasteiger partial charge in [-0.3, -0.25) is 0 Å². The van der Waals surface area contributed by atoms with Crippen LogP contribution in [0.2, 0.25) is 0 Å². The van der Waals surface area contributed by atoms with Crippen LogP contribution in [0, 0.1) is 17.3 Å². The summed E-state index contributed by atoms with van der Waals surface area (Å²) in [6.07, 6.45) is 17.4. The Morgan fingerprint density at radius 3 is 2.41 bits per heavy atom. The van der Waals surface area contributed by atoms with Gasteiger partial charge in [-0.2, -0.15) is 0 Å². The zero-order valence-electron chi connectivity index (χ0n) is 13.8. The minimum atomic E-state index is 0.393. The van der Waals surface area contributed by atoms with Gasteiger partial charge in [0.05, 0.1) is 0 Å². The Labute approximate surface area is 135 Å². The zero-order valence-corrected chi connectivity index (χ0v) is 13.8. The van der Waals surface area contributed by atoms with Gasteiger partial charge in [-0.25, -0.2) is 0 Å². The molecule has 116 valence electrons. The topological polar surface area (TPSA) is 0 Å². The van der Waals surface area contributed by atoms with Crippen LogP contribution >= 0.6 is 0 Å². The van der Waals surface area contributed by atoms with E-state index in [0.29, 0.717) is 5.41 Å². The van der Waals surface area contributed by atoms with Crippen molar-refractivity contribution < 1.29 is 0 Å². The molecule has 1 atom stereocenters. The Hall–Kier alpha value is -1.56. The third-order valence-corrected chi connectivity index (χ3v) is 5.98. The van der Waals surface area contributed by atoms with Gasteiger partial charge in [0.15, 0.2) is 0 Å². The number of benzene rings is 1. The molecule has 1 saturated carbocycles. The molecule has 0 heteroatoms. The van der Waals surface area contributed by atoms with E-state index < -0.39 is 0 Å². The van der Waals surface area contributed by atoms with Crippen LogP contribution in [0.25, 0.3) is 5.57 Å². The lowest BCUT2D eigenvalue weighted by Crippen LogP contribution is -2.32. The molecule has 0 radical (unpaired) electrons. The van der Waals surface area contributed by atoms with E-state index in [-0.39, 0.29) is 0 Å². The van der Waals surface area contributed by atoms with Crippen LogP contribution in [0.15, 0.2) is 61.2 Å². The first-order valence-corrected chi connectivity index (χ1v) is 8.85. The van der Waals surface area contributed by atoms with Crippen molar-refractivity contribution in [3.8, 4) is 0 Å². The molecule has 0 N–H and O–H groups in total. The van der Waals surface area contributed by atoms with E-state index in [1.54, 1.807) is 0 Å². The first-order valence-electron chi connectivity index (χ1n) is 8.85. The molecule has 0 spiro atoms. The summed E-state index contributed by atoms with van der Waals surface area (Å²) in [5.41, 5.74) is 3.13. The van der Waals surface area contributed by atoms with Crippen molar-refractivity contribution >= 4 is 5.57 Å². The van der Waals surface area contributed by atoms with E-state index in [2.05, 4.69) is 68.1 Å². The largest absolute Gasteiger partial charge is 0.103 e. The van der Waals surface area contributed by atoms with Crippen LogP contribution < -0.4 is 0 Å². The quantitative estimate of drug-likeness (QED) is 0.562. The highest BCUT2D eigenvalue weighted by Gasteiger charge is 2.37. The van der Waals surface area contributed by atoms with Gasteiger partial charge in [-0.1, -0.05) is 61.6 Å². The molecule has 0 saturated heterocycles. The van der Waals surface area contributed by atoms with Crippen molar-refractivity contribution in [2.45, 2.75) is 45.4 Å². The Morgan fingerprint density at radius 2 is 1.86 bits per heavy atom. The Kier molecular flexibility index (Phi) is 4.66. The van der Waals surface area contributed by atoms with Gasteiger partial charge >= 0.3 is 0 Å². The predicted molar refractivity (Wildman–Crippen MR) is 96.5 cm³/mol. The molecule has 2 aliphatic rings. The summed E-state index contributed by atoms with van der Waals surface area (Å²) >= 11 is 0. The van der Waals surface area contributed by atoms with Gasteiger partial charge < -0.3 is 0 Å². The minimum Gasteiger partial charge on any atom is -0.103 e. The Balaban J connectivity index is 1.73. The predicted octanol–water partition coefficient (Wildman–Crippen LogP) is 6.42. The minimum absolute atomic E-state index is 0.393. The molecule has 1 aromatic carbocycles. The molecule has 0 bridgehead atoms. The van der Waals surface area contributed by atoms with Gasteiger partial charge in [-0.05, 0) is 66.9 Å². The monoisotopic (exact) mass is 292 g/mol. The number of hydrogen-bond acceptors (Lipinski definition) is 0. The van der Waals surface area contributed by atoms with Crippen LogP contribution in [-0.4, -0.2) is 0 Å². The van der Waals surface area contributed by atoms with Crippen molar-refractivity contribution in [3.63, 3.8) is 0 Å². The van der Waals surface area contributed by atoms with Gasteiger partial charge in [0, 0.05) is 0 Å². The lowest BCUT2D eigenvalue weighted by Gasteiger charge is -2.42. The van der Waals surface area contributed by atoms with Crippen LogP contribution in [0.5, 0.6) is 0 Å². The maximum atomic E-state index is 3.98. The summed E-state index contributed by atoms with van der Waals surface area (Å²) in [4.78, 5) is 0. The van der Waals surface area contributed by atoms with E-state index >= 15 is 0 Å². The van der Waals surface area contributed by atoms with Crippen LogP contribution in [0.1, 0.15) is 51.0 Å². The second-order valence-corrected chi connectivity index (χ2v) is 7.00. The molecule has 0 aliphatic heterocycles. The van der Waals surface area contributed by atoms with Crippen molar-refractivity contribution in [2.75, 3.05) is 0 Å². The van der Waals surface area contributed by atoms with Gasteiger partial charge in [0.25, 0.3) is 0 Å². The molecule has 0 heterocycles. The highest BCUT2D eigenvalue weighted by atomic mass is 14.4. The number of hydrogen-bond donors (Lipinski definition) is 0. The second kappa shape index (κ2) is 6.69. The normalized spacial score (nSPS) is 31.6. The standard InChI is InChI=1S/C22H28/c1-3-18-10-12-21(13-11-18)22(4-2)16-14-20(15-17-22)19-8-6-5-7-9-19/h3,5-9,14-16,18,21H,1,4,10-13,17H2,2H3. The smallest absolute Gasteiger partial charge is 0.00545 e. The zero-order chi connectivity index (χ0) is 15.4. The maximum absolute atomic E-state index is 3.98. The Morgan fingerprint density at radius 1 is 1.14 bits per heavy atom. The molecule has 2 aliphatic carbocycles. The maximum Gasteiger partial charge on any atom is -0.00545 e. The van der Waals surface area contributed by atoms with Crippen molar-refractivity contribution in [3.05, 3.63) is 66.8 Å². The molecule has 1 fully saturated rings. The highest BCUT2D eigenvalue weighted by molar-refractivity contribution is 5.75. The second-order valence-electron chi connectivity index (χ2n) is 7.00. The number of rotatable bonds is 4. The summed E-state index contributed by atoms with van der Waals surface area (Å²) in [5.74, 6) is 1.60. The Bertz CT molecular complexity index is 555. The summed E-state index contributed by atoms with van der Waals surface area (Å²) in [5, 5.41) is 0. The van der Waals surface area contributed by atoms with E-state index in [0.717, 1.165) is 11.8 Å². The third-order valence-electron chi connectivity index (χ3n) is 5.98. The average molecular weight is 292 g/mol. The average Bonchev–Trinajstić information content (AvgIpc) is 2.62. The van der Waals surface area contributed by atoms with Crippen LogP contribution in [-0.2, 0) is 0 Å². The molecule has 3 rings (SSSR count). The van der Waals surface area contributed by atoms with Gasteiger partial charge in [0.2, 0.25) is 0 Å². The van der Waals surface area contributed by atoms with E-state index in [1.165, 1.54) is 49.7 Å². The first kappa shape index (κ1) is 15.3. The molecule has 1 aromatic rings. The van der Waals surface area contributed by atoms with Gasteiger partial charge in [-0.15, -0.1) is 6.58 Å². The van der Waals surface area contributed by atoms with Crippen molar-refractivity contribution in [1.29, 1.82) is 0 Å². The molecule has 1 unspecified atom stereocenters. The molecule has 0 amide bonds. The van der Waals surface area contributed by atoms with E-state index in [9.17, 15) is 0 Å². The lowest BCUT2D eigenvalue weighted by atomic mass is 9.62. The summed E-state index contributed by atoms with van der Waals surface area (Å²) in [7, 11) is 0. The summed E-state index contributed by atoms with van der Waals surface area (Å²) in [6.45, 7) is 6.35. The molecular weight excluding hydrogens is 264 g/mol. The van der Waals surface area contributed by atoms with Gasteiger partial charge in [0.1, 0.15) is 0 Å². The molecule has 22 heavy (non-hydrogen) atoms. The molecular formula is C22H28. The SMILES string of the molecule is C=CC1CCC(C2(CC)C=CC(c3ccccc3)=CC2)CC1. The highest BCUT2D eigenvalue weighted by Crippen LogP contribution is 2.48. The van der Waals surface area contributed by atoms with E-state index in [4.69, 9.17) is 0 Å². The third kappa shape index (κ3) is 2.97. The fraction of sp³-hybridized carbons (Fsp3) is 0.455. The molecule has 0 nitrogen and oxygen atoms in total. The van der Waals surface area contributed by atoms with Crippen LogP contribution in [0.4, 0.5) is 0 Å². The summed E-state index contributed by atoms with van der Waals surface area (Å²) < 4.78 is 0. The fourth-order valence-corrected chi connectivity index (χ4v) is 4.32. The molecule has 0 aromatic heterocycles. The van der Waals surface area contributed by atoms with E-state index in [1.807, 2.05) is 0 Å². The van der Waals surface area contributed by atoms with Crippen LogP contribution in [0.3, 0.4) is 0 Å². The summed E-state index contributed by atoms with van der Waals surface area (Å²) in [6, 6.07) is 10.8. The van der Waals surface area contributed by atoms with Crippen molar-refractivity contribution in [1.82, 2.24) is 0 Å². The number of allylic oxidation sites excluding steroid dienone is 5. The fourth-order valence-electron chi connectivity index (χ4n) is 4.32. The lowest BCUT2D eigenvalue weighted by molar-refractivity contribution is 0.150. The first-order chi connectivity index (χ1) is 10.8. The van der Waals surface area contributed by atoms with Crippen molar-refractivity contribution in [2.24, 2.45) is 17.3 Å².